The highest BCUT2D eigenvalue weighted by Gasteiger charge is 2.43. The average molecular weight is 156 g/mol. The summed E-state index contributed by atoms with van der Waals surface area (Å²) in [5, 5.41) is 0. The van der Waals surface area contributed by atoms with Crippen molar-refractivity contribution in [1.29, 1.82) is 0 Å². The minimum atomic E-state index is 0.391. The van der Waals surface area contributed by atoms with Crippen LogP contribution in [0.15, 0.2) is 0 Å². The number of fused-ring (bicyclic) bond motifs is 3. The van der Waals surface area contributed by atoms with Gasteiger partial charge in [0.05, 0.1) is 26.2 Å². The Labute approximate surface area is 68.4 Å². The fraction of sp³-hybridized carbons (Fsp3) is 1.00. The van der Waals surface area contributed by atoms with Crippen LogP contribution in [0.5, 0.6) is 0 Å². The maximum atomic E-state index is 6.10. The average Bonchev–Trinajstić information content (AvgIpc) is 2.07. The zero-order valence-corrected chi connectivity index (χ0v) is 7.29. The largest absolute Gasteiger partial charge is 0.306 e. The Morgan fingerprint density at radius 3 is 2.45 bits per heavy atom. The summed E-state index contributed by atoms with van der Waals surface area (Å²) in [5.74, 6) is 0. The van der Waals surface area contributed by atoms with E-state index in [-0.39, 0.29) is 0 Å². The van der Waals surface area contributed by atoms with Gasteiger partial charge in [-0.25, -0.2) is 0 Å². The molecule has 0 aromatic rings. The standard InChI is InChI=1S/C8H18N3/c1-2-11-5-3-10(4-6-11)7-8(11)9/h8H,2-7,9H2,1H3/q+1. The molecule has 11 heavy (non-hydrogen) atoms. The van der Waals surface area contributed by atoms with Gasteiger partial charge in [0.1, 0.15) is 0 Å². The topological polar surface area (TPSA) is 29.3 Å². The SMILES string of the molecule is CC[N+]12CCN(CC1)CC2N. The van der Waals surface area contributed by atoms with Gasteiger partial charge in [-0.15, -0.1) is 0 Å². The molecule has 64 valence electrons. The lowest BCUT2D eigenvalue weighted by molar-refractivity contribution is -0.962. The van der Waals surface area contributed by atoms with Crippen molar-refractivity contribution in [2.24, 2.45) is 5.73 Å². The molecule has 1 unspecified atom stereocenters. The molecule has 3 heterocycles. The third-order valence-electron chi connectivity index (χ3n) is 3.50. The van der Waals surface area contributed by atoms with Crippen molar-refractivity contribution < 1.29 is 4.48 Å². The molecular weight excluding hydrogens is 138 g/mol. The molecule has 3 aliphatic heterocycles. The molecule has 3 aliphatic rings. The predicted octanol–water partition coefficient (Wildman–Crippen LogP) is -0.563. The number of quaternary nitrogens is 1. The van der Waals surface area contributed by atoms with Gasteiger partial charge in [0.2, 0.25) is 0 Å². The normalized spacial score (nSPS) is 49.6. The van der Waals surface area contributed by atoms with Crippen LogP contribution in [0.1, 0.15) is 6.92 Å². The molecule has 3 fully saturated rings. The number of likely N-dealkylation sites (N-methyl/N-ethyl adjacent to an activating group) is 1. The lowest BCUT2D eigenvalue weighted by Gasteiger charge is -2.53. The molecule has 0 aromatic heterocycles. The monoisotopic (exact) mass is 156 g/mol. The molecule has 2 bridgehead atoms. The van der Waals surface area contributed by atoms with Crippen molar-refractivity contribution >= 4 is 0 Å². The third-order valence-corrected chi connectivity index (χ3v) is 3.50. The fourth-order valence-corrected chi connectivity index (χ4v) is 2.41. The van der Waals surface area contributed by atoms with Crippen LogP contribution in [0.2, 0.25) is 0 Å². The van der Waals surface area contributed by atoms with Crippen molar-refractivity contribution in [2.75, 3.05) is 39.3 Å². The van der Waals surface area contributed by atoms with E-state index in [2.05, 4.69) is 11.8 Å². The van der Waals surface area contributed by atoms with Gasteiger partial charge < -0.3 is 4.48 Å². The molecule has 0 radical (unpaired) electrons. The van der Waals surface area contributed by atoms with Crippen LogP contribution in [0.4, 0.5) is 0 Å². The Hall–Kier alpha value is -0.120. The summed E-state index contributed by atoms with van der Waals surface area (Å²) in [7, 11) is 0. The highest BCUT2D eigenvalue weighted by Crippen LogP contribution is 2.21. The lowest BCUT2D eigenvalue weighted by atomic mass is 10.1. The van der Waals surface area contributed by atoms with E-state index in [1.807, 2.05) is 0 Å². The summed E-state index contributed by atoms with van der Waals surface area (Å²) in [6.45, 7) is 9.68. The molecule has 0 aromatic carbocycles. The van der Waals surface area contributed by atoms with E-state index < -0.39 is 0 Å². The van der Waals surface area contributed by atoms with Crippen molar-refractivity contribution in [3.05, 3.63) is 0 Å². The van der Waals surface area contributed by atoms with Gasteiger partial charge in [0.25, 0.3) is 0 Å². The third kappa shape index (κ3) is 0.991. The molecular formula is C8H18N3+. The minimum absolute atomic E-state index is 0.391. The summed E-state index contributed by atoms with van der Waals surface area (Å²) < 4.78 is 1.18. The van der Waals surface area contributed by atoms with Gasteiger partial charge in [-0.3, -0.25) is 10.6 Å². The molecule has 1 atom stereocenters. The van der Waals surface area contributed by atoms with Crippen LogP contribution in [-0.2, 0) is 0 Å². The first-order valence-electron chi connectivity index (χ1n) is 4.60. The second kappa shape index (κ2) is 2.44. The zero-order chi connectivity index (χ0) is 7.90. The first-order chi connectivity index (χ1) is 5.27. The Morgan fingerprint density at radius 2 is 2.09 bits per heavy atom. The van der Waals surface area contributed by atoms with E-state index in [9.17, 15) is 0 Å². The quantitative estimate of drug-likeness (QED) is 0.516. The van der Waals surface area contributed by atoms with Crippen LogP contribution in [-0.4, -0.2) is 54.8 Å². The molecule has 3 saturated heterocycles. The molecule has 0 aliphatic carbocycles. The zero-order valence-electron chi connectivity index (χ0n) is 7.29. The highest BCUT2D eigenvalue weighted by molar-refractivity contribution is 4.75. The number of rotatable bonds is 1. The predicted molar refractivity (Wildman–Crippen MR) is 45.0 cm³/mol. The van der Waals surface area contributed by atoms with Crippen LogP contribution in [0.3, 0.4) is 0 Å². The summed E-state index contributed by atoms with van der Waals surface area (Å²) in [6, 6.07) is 0. The summed E-state index contributed by atoms with van der Waals surface area (Å²) in [6.07, 6.45) is 0.391. The Morgan fingerprint density at radius 1 is 1.45 bits per heavy atom. The summed E-state index contributed by atoms with van der Waals surface area (Å²) in [5.41, 5.74) is 6.10. The van der Waals surface area contributed by atoms with Crippen LogP contribution >= 0.6 is 0 Å². The second-order valence-corrected chi connectivity index (χ2v) is 3.85. The van der Waals surface area contributed by atoms with Crippen molar-refractivity contribution in [3.63, 3.8) is 0 Å². The van der Waals surface area contributed by atoms with E-state index in [0.717, 1.165) is 6.54 Å². The van der Waals surface area contributed by atoms with Gasteiger partial charge in [-0.05, 0) is 6.92 Å². The highest BCUT2D eigenvalue weighted by atomic mass is 15.5. The second-order valence-electron chi connectivity index (χ2n) is 3.85. The first kappa shape index (κ1) is 7.53. The van der Waals surface area contributed by atoms with Crippen LogP contribution < -0.4 is 5.73 Å². The summed E-state index contributed by atoms with van der Waals surface area (Å²) in [4.78, 5) is 2.49. The fourth-order valence-electron chi connectivity index (χ4n) is 2.41. The smallest absolute Gasteiger partial charge is 0.153 e. The van der Waals surface area contributed by atoms with Crippen molar-refractivity contribution in [3.8, 4) is 0 Å². The van der Waals surface area contributed by atoms with Crippen molar-refractivity contribution in [2.45, 2.75) is 13.1 Å². The first-order valence-corrected chi connectivity index (χ1v) is 4.60. The van der Waals surface area contributed by atoms with Crippen molar-refractivity contribution in [1.82, 2.24) is 4.90 Å². The molecule has 3 nitrogen and oxygen atoms in total. The minimum Gasteiger partial charge on any atom is -0.306 e. The maximum Gasteiger partial charge on any atom is 0.153 e. The van der Waals surface area contributed by atoms with E-state index in [1.54, 1.807) is 0 Å². The van der Waals surface area contributed by atoms with E-state index in [1.165, 1.54) is 37.2 Å². The number of nitrogens with zero attached hydrogens (tertiary/aromatic N) is 2. The van der Waals surface area contributed by atoms with E-state index in [0.29, 0.717) is 6.17 Å². The number of piperazine rings is 3. The van der Waals surface area contributed by atoms with Crippen LogP contribution in [0, 0.1) is 0 Å². The molecule has 0 spiro atoms. The lowest BCUT2D eigenvalue weighted by Crippen LogP contribution is -2.74. The van der Waals surface area contributed by atoms with Gasteiger partial charge in [0.15, 0.2) is 6.17 Å². The van der Waals surface area contributed by atoms with Crippen LogP contribution in [0.25, 0.3) is 0 Å². The van der Waals surface area contributed by atoms with Gasteiger partial charge >= 0.3 is 0 Å². The number of hydrogen-bond donors (Lipinski definition) is 1. The summed E-state index contributed by atoms with van der Waals surface area (Å²) >= 11 is 0. The Balaban J connectivity index is 2.16. The molecule has 3 heteroatoms. The Bertz CT molecular complexity index is 149. The van der Waals surface area contributed by atoms with E-state index in [4.69, 9.17) is 5.73 Å². The maximum absolute atomic E-state index is 6.10. The van der Waals surface area contributed by atoms with E-state index >= 15 is 0 Å². The number of hydrogen-bond acceptors (Lipinski definition) is 2. The van der Waals surface area contributed by atoms with Gasteiger partial charge in [0, 0.05) is 13.1 Å². The molecule has 3 rings (SSSR count). The molecule has 0 amide bonds. The number of nitrogens with two attached hydrogens (primary N) is 1. The molecule has 2 N–H and O–H groups in total. The molecule has 0 saturated carbocycles. The Kier molecular flexibility index (Phi) is 1.67. The van der Waals surface area contributed by atoms with Gasteiger partial charge in [-0.1, -0.05) is 0 Å². The van der Waals surface area contributed by atoms with Gasteiger partial charge in [-0.2, -0.15) is 0 Å².